The molecule has 0 bridgehead atoms. The maximum Gasteiger partial charge on any atom is 0.246 e. The van der Waals surface area contributed by atoms with E-state index in [1.165, 1.54) is 0 Å². The molecule has 4 rings (SSSR count). The van der Waals surface area contributed by atoms with Crippen molar-refractivity contribution in [3.05, 3.63) is 47.5 Å². The third-order valence-corrected chi connectivity index (χ3v) is 6.21. The zero-order valence-corrected chi connectivity index (χ0v) is 17.8. The van der Waals surface area contributed by atoms with Crippen LogP contribution in [0.1, 0.15) is 30.6 Å². The summed E-state index contributed by atoms with van der Waals surface area (Å²) in [4.78, 5) is 22.4. The zero-order valence-electron chi connectivity index (χ0n) is 17.0. The third-order valence-electron chi connectivity index (χ3n) is 5.39. The summed E-state index contributed by atoms with van der Waals surface area (Å²) in [5, 5.41) is 6.54. The van der Waals surface area contributed by atoms with Gasteiger partial charge < -0.3 is 20.1 Å². The Morgan fingerprint density at radius 1 is 1.30 bits per heavy atom. The maximum atomic E-state index is 13.1. The summed E-state index contributed by atoms with van der Waals surface area (Å²) in [6.45, 7) is 1.24. The van der Waals surface area contributed by atoms with Gasteiger partial charge in [-0.15, -0.1) is 11.3 Å². The van der Waals surface area contributed by atoms with E-state index in [9.17, 15) is 4.79 Å². The number of imidazole rings is 1. The van der Waals surface area contributed by atoms with Crippen LogP contribution in [0.15, 0.2) is 42.6 Å². The molecule has 0 radical (unpaired) electrons. The summed E-state index contributed by atoms with van der Waals surface area (Å²) in [6.07, 6.45) is 15.1. The van der Waals surface area contributed by atoms with Gasteiger partial charge in [-0.3, -0.25) is 14.3 Å². The highest BCUT2D eigenvalue weighted by atomic mass is 32.1. The van der Waals surface area contributed by atoms with E-state index in [0.29, 0.717) is 13.2 Å². The molecule has 1 atom stereocenters. The average Bonchev–Trinajstić information content (AvgIpc) is 3.49. The standard InChI is InChI=1S/C21H27N5O3S/c1-28-8-9-29-17-4-2-16(3-5-17)24-21(27)18-10-15(19-12-23-14-30-19)11-20(25-18)26-7-6-22-13-26/h6-7,10-14,16-18,25H,2-5,8-9H2,1H3,(H,24,27). The molecule has 2 aromatic heterocycles. The number of amides is 1. The molecule has 160 valence electrons. The van der Waals surface area contributed by atoms with Gasteiger partial charge in [-0.05, 0) is 43.4 Å². The summed E-state index contributed by atoms with van der Waals surface area (Å²) >= 11 is 1.56. The number of hydrogen-bond donors (Lipinski definition) is 2. The van der Waals surface area contributed by atoms with Gasteiger partial charge in [0.2, 0.25) is 5.91 Å². The van der Waals surface area contributed by atoms with Crippen LogP contribution in [0, 0.1) is 0 Å². The quantitative estimate of drug-likeness (QED) is 0.626. The second-order valence-electron chi connectivity index (χ2n) is 7.46. The molecule has 0 saturated heterocycles. The van der Waals surface area contributed by atoms with Gasteiger partial charge in [-0.25, -0.2) is 4.98 Å². The van der Waals surface area contributed by atoms with Gasteiger partial charge in [0.15, 0.2) is 0 Å². The fourth-order valence-electron chi connectivity index (χ4n) is 3.78. The van der Waals surface area contributed by atoms with Gasteiger partial charge in [-0.1, -0.05) is 0 Å². The molecule has 0 spiro atoms. The van der Waals surface area contributed by atoms with E-state index in [2.05, 4.69) is 20.6 Å². The van der Waals surface area contributed by atoms with Crippen molar-refractivity contribution < 1.29 is 14.3 Å². The number of allylic oxidation sites excluding steroid dienone is 2. The fraction of sp³-hybridized carbons (Fsp3) is 0.476. The third kappa shape index (κ3) is 5.16. The normalized spacial score (nSPS) is 24.0. The number of aromatic nitrogens is 3. The molecule has 1 aliphatic carbocycles. The van der Waals surface area contributed by atoms with E-state index in [-0.39, 0.29) is 18.1 Å². The topological polar surface area (TPSA) is 90.3 Å². The predicted molar refractivity (Wildman–Crippen MR) is 116 cm³/mol. The molecule has 1 amide bonds. The summed E-state index contributed by atoms with van der Waals surface area (Å²) in [5.41, 5.74) is 2.78. The van der Waals surface area contributed by atoms with Crippen molar-refractivity contribution >= 4 is 28.6 Å². The Balaban J connectivity index is 1.38. The van der Waals surface area contributed by atoms with Crippen LogP contribution in [0.25, 0.3) is 11.4 Å². The Hall–Kier alpha value is -2.49. The van der Waals surface area contributed by atoms with Gasteiger partial charge in [0, 0.05) is 31.7 Å². The fourth-order valence-corrected chi connectivity index (χ4v) is 4.40. The van der Waals surface area contributed by atoms with Crippen LogP contribution >= 0.6 is 11.3 Å². The van der Waals surface area contributed by atoms with Crippen molar-refractivity contribution in [3.8, 4) is 0 Å². The molecule has 2 N–H and O–H groups in total. The first kappa shape index (κ1) is 20.8. The first-order valence-corrected chi connectivity index (χ1v) is 11.1. The first-order valence-electron chi connectivity index (χ1n) is 10.2. The molecular weight excluding hydrogens is 402 g/mol. The highest BCUT2D eigenvalue weighted by Gasteiger charge is 2.27. The number of carbonyl (C=O) groups excluding carboxylic acids is 1. The van der Waals surface area contributed by atoms with E-state index in [1.807, 2.05) is 29.1 Å². The molecule has 1 fully saturated rings. The molecule has 8 nitrogen and oxygen atoms in total. The van der Waals surface area contributed by atoms with Crippen LogP contribution in [-0.2, 0) is 14.3 Å². The number of rotatable bonds is 8. The highest BCUT2D eigenvalue weighted by Crippen LogP contribution is 2.26. The predicted octanol–water partition coefficient (Wildman–Crippen LogP) is 2.28. The highest BCUT2D eigenvalue weighted by molar-refractivity contribution is 7.10. The van der Waals surface area contributed by atoms with Crippen molar-refractivity contribution in [2.45, 2.75) is 43.9 Å². The van der Waals surface area contributed by atoms with Crippen LogP contribution in [-0.4, -0.2) is 59.0 Å². The number of dihydropyridines is 1. The first-order chi connectivity index (χ1) is 14.7. The Morgan fingerprint density at radius 2 is 2.17 bits per heavy atom. The monoisotopic (exact) mass is 429 g/mol. The molecule has 0 aromatic carbocycles. The van der Waals surface area contributed by atoms with Crippen LogP contribution < -0.4 is 10.6 Å². The summed E-state index contributed by atoms with van der Waals surface area (Å²) in [7, 11) is 1.68. The minimum Gasteiger partial charge on any atom is -0.382 e. The molecule has 1 saturated carbocycles. The van der Waals surface area contributed by atoms with Gasteiger partial charge >= 0.3 is 0 Å². The molecule has 1 unspecified atom stereocenters. The molecule has 3 heterocycles. The Bertz CT molecular complexity index is 871. The molecule has 9 heteroatoms. The summed E-state index contributed by atoms with van der Waals surface area (Å²) < 4.78 is 12.7. The van der Waals surface area contributed by atoms with Gasteiger partial charge in [-0.2, -0.15) is 0 Å². The minimum atomic E-state index is -0.458. The lowest BCUT2D eigenvalue weighted by Crippen LogP contribution is -2.49. The van der Waals surface area contributed by atoms with Crippen molar-refractivity contribution in [3.63, 3.8) is 0 Å². The molecule has 30 heavy (non-hydrogen) atoms. The molecule has 2 aromatic rings. The van der Waals surface area contributed by atoms with E-state index in [4.69, 9.17) is 9.47 Å². The number of hydrogen-bond acceptors (Lipinski definition) is 7. The van der Waals surface area contributed by atoms with E-state index in [1.54, 1.807) is 36.5 Å². The lowest BCUT2D eigenvalue weighted by molar-refractivity contribution is -0.123. The lowest BCUT2D eigenvalue weighted by atomic mass is 9.92. The number of thiazole rings is 1. The Kier molecular flexibility index (Phi) is 6.93. The Labute approximate surface area is 180 Å². The van der Waals surface area contributed by atoms with Crippen LogP contribution in [0.5, 0.6) is 0 Å². The van der Waals surface area contributed by atoms with E-state index < -0.39 is 6.04 Å². The Morgan fingerprint density at radius 3 is 2.87 bits per heavy atom. The van der Waals surface area contributed by atoms with Crippen molar-refractivity contribution in [1.29, 1.82) is 0 Å². The molecule has 2 aliphatic rings. The van der Waals surface area contributed by atoms with Crippen molar-refractivity contribution in [2.24, 2.45) is 0 Å². The van der Waals surface area contributed by atoms with Gasteiger partial charge in [0.1, 0.15) is 18.2 Å². The second kappa shape index (κ2) is 10.0. The van der Waals surface area contributed by atoms with Crippen molar-refractivity contribution in [2.75, 3.05) is 20.3 Å². The smallest absolute Gasteiger partial charge is 0.246 e. The van der Waals surface area contributed by atoms with Crippen LogP contribution in [0.4, 0.5) is 0 Å². The van der Waals surface area contributed by atoms with Gasteiger partial charge in [0.25, 0.3) is 0 Å². The van der Waals surface area contributed by atoms with E-state index >= 15 is 0 Å². The summed E-state index contributed by atoms with van der Waals surface area (Å²) in [6, 6.07) is -0.287. The molecular formula is C21H27N5O3S. The number of nitrogens with zero attached hydrogens (tertiary/aromatic N) is 3. The SMILES string of the molecule is COCCOC1CCC(NC(=O)C2C=C(c3cncs3)C=C(n3ccnc3)N2)CC1. The van der Waals surface area contributed by atoms with Crippen LogP contribution in [0.2, 0.25) is 0 Å². The molecule has 1 aliphatic heterocycles. The zero-order chi connectivity index (χ0) is 20.8. The van der Waals surface area contributed by atoms with E-state index in [0.717, 1.165) is 42.0 Å². The average molecular weight is 430 g/mol. The number of nitrogens with one attached hydrogen (secondary N) is 2. The number of methoxy groups -OCH3 is 1. The van der Waals surface area contributed by atoms with Gasteiger partial charge in [0.05, 0.1) is 29.7 Å². The summed E-state index contributed by atoms with van der Waals surface area (Å²) in [5.74, 6) is 0.792. The minimum absolute atomic E-state index is 0.0218. The largest absolute Gasteiger partial charge is 0.382 e. The second-order valence-corrected chi connectivity index (χ2v) is 8.34. The van der Waals surface area contributed by atoms with Crippen LogP contribution in [0.3, 0.4) is 0 Å². The number of ether oxygens (including phenoxy) is 2. The lowest BCUT2D eigenvalue weighted by Gasteiger charge is -2.31. The number of carbonyl (C=O) groups is 1. The maximum absolute atomic E-state index is 13.1. The van der Waals surface area contributed by atoms with Crippen molar-refractivity contribution in [1.82, 2.24) is 25.2 Å².